The summed E-state index contributed by atoms with van der Waals surface area (Å²) < 4.78 is 16.9. The smallest absolute Gasteiger partial charge is 0.335 e. The molecule has 2 N–H and O–H groups in total. The minimum Gasteiger partial charge on any atom is -0.490 e. The summed E-state index contributed by atoms with van der Waals surface area (Å²) >= 11 is 12.8. The summed E-state index contributed by atoms with van der Waals surface area (Å²) in [6, 6.07) is 12.2. The Morgan fingerprint density at radius 1 is 0.932 bits per heavy atom. The lowest BCUT2D eigenvalue weighted by Gasteiger charge is -2.27. The molecule has 0 aliphatic carbocycles. The zero-order chi connectivity index (χ0) is 32.0. The summed E-state index contributed by atoms with van der Waals surface area (Å²) in [6.07, 6.45) is 2.04. The van der Waals surface area contributed by atoms with Crippen LogP contribution < -0.4 is 29.7 Å². The predicted octanol–water partition coefficient (Wildman–Crippen LogP) is 6.48. The van der Waals surface area contributed by atoms with Gasteiger partial charge in [-0.3, -0.25) is 19.7 Å². The first-order chi connectivity index (χ1) is 21.0. The second-order valence-electron chi connectivity index (χ2n) is 9.84. The summed E-state index contributed by atoms with van der Waals surface area (Å²) in [5.74, 6) is -1.30. The number of nitrogens with one attached hydrogen (secondary N) is 2. The third kappa shape index (κ3) is 7.50. The van der Waals surface area contributed by atoms with Crippen molar-refractivity contribution in [1.82, 2.24) is 5.32 Å². The number of halogens is 2. The Hall–Kier alpha value is -4.54. The predicted molar refractivity (Wildman–Crippen MR) is 169 cm³/mol. The number of nitrogens with zero attached hydrogens (tertiary/aromatic N) is 1. The number of rotatable bonds is 11. The fraction of sp³-hybridized carbons (Fsp3) is 0.250. The van der Waals surface area contributed by atoms with Gasteiger partial charge in [-0.1, -0.05) is 42.3 Å². The largest absolute Gasteiger partial charge is 0.490 e. The number of barbiturate groups is 1. The zero-order valence-electron chi connectivity index (χ0n) is 24.6. The van der Waals surface area contributed by atoms with Gasteiger partial charge < -0.3 is 19.5 Å². The lowest BCUT2D eigenvalue weighted by atomic mass is 10.1. The molecular formula is C32H31Cl2N3O7. The van der Waals surface area contributed by atoms with Gasteiger partial charge in [-0.25, -0.2) is 9.69 Å². The van der Waals surface area contributed by atoms with E-state index in [1.165, 1.54) is 30.3 Å². The van der Waals surface area contributed by atoms with Crippen LogP contribution in [0.25, 0.3) is 6.08 Å². The topological polar surface area (TPSA) is 123 Å². The molecule has 0 aromatic heterocycles. The van der Waals surface area contributed by atoms with Crippen LogP contribution in [-0.4, -0.2) is 43.6 Å². The van der Waals surface area contributed by atoms with Gasteiger partial charge in [0.1, 0.15) is 5.57 Å². The number of imide groups is 2. The van der Waals surface area contributed by atoms with Crippen LogP contribution in [0.15, 0.2) is 54.1 Å². The molecule has 230 valence electrons. The van der Waals surface area contributed by atoms with E-state index < -0.39 is 23.8 Å². The highest BCUT2D eigenvalue weighted by molar-refractivity contribution is 6.40. The summed E-state index contributed by atoms with van der Waals surface area (Å²) in [5.41, 5.74) is 2.69. The Morgan fingerprint density at radius 3 is 2.34 bits per heavy atom. The van der Waals surface area contributed by atoms with Crippen LogP contribution in [0.4, 0.5) is 16.2 Å². The van der Waals surface area contributed by atoms with Crippen molar-refractivity contribution < 1.29 is 33.4 Å². The molecule has 1 fully saturated rings. The fourth-order valence-electron chi connectivity index (χ4n) is 4.29. The molecule has 44 heavy (non-hydrogen) atoms. The Kier molecular flexibility index (Phi) is 10.5. The van der Waals surface area contributed by atoms with E-state index in [1.807, 2.05) is 39.0 Å². The van der Waals surface area contributed by atoms with Gasteiger partial charge in [-0.15, -0.1) is 0 Å². The third-order valence-electron chi connectivity index (χ3n) is 6.40. The highest BCUT2D eigenvalue weighted by Crippen LogP contribution is 2.36. The first-order valence-electron chi connectivity index (χ1n) is 13.8. The van der Waals surface area contributed by atoms with E-state index in [0.29, 0.717) is 36.0 Å². The summed E-state index contributed by atoms with van der Waals surface area (Å²) in [5, 5.41) is 5.06. The van der Waals surface area contributed by atoms with E-state index in [2.05, 4.69) is 10.6 Å². The van der Waals surface area contributed by atoms with Gasteiger partial charge in [-0.2, -0.15) is 0 Å². The van der Waals surface area contributed by atoms with Gasteiger partial charge in [-0.05, 0) is 80.3 Å². The van der Waals surface area contributed by atoms with E-state index in [-0.39, 0.29) is 33.7 Å². The van der Waals surface area contributed by atoms with Crippen molar-refractivity contribution in [3.63, 3.8) is 0 Å². The molecule has 1 aliphatic heterocycles. The van der Waals surface area contributed by atoms with Crippen molar-refractivity contribution in [2.75, 3.05) is 30.0 Å². The van der Waals surface area contributed by atoms with Crippen LogP contribution in [-0.2, 0) is 14.4 Å². The second-order valence-corrected chi connectivity index (χ2v) is 10.7. The number of hydrogen-bond donors (Lipinski definition) is 2. The van der Waals surface area contributed by atoms with E-state index in [4.69, 9.17) is 37.4 Å². The summed E-state index contributed by atoms with van der Waals surface area (Å²) in [7, 11) is 0. The maximum Gasteiger partial charge on any atom is 0.335 e. The number of amides is 5. The van der Waals surface area contributed by atoms with Crippen LogP contribution in [0, 0.1) is 13.8 Å². The molecule has 4 rings (SSSR count). The van der Waals surface area contributed by atoms with Gasteiger partial charge in [0, 0.05) is 11.8 Å². The van der Waals surface area contributed by atoms with Crippen LogP contribution in [0.2, 0.25) is 10.0 Å². The molecular weight excluding hydrogens is 609 g/mol. The van der Waals surface area contributed by atoms with Gasteiger partial charge in [0.25, 0.3) is 17.7 Å². The minimum absolute atomic E-state index is 0.0458. The van der Waals surface area contributed by atoms with Crippen molar-refractivity contribution in [2.45, 2.75) is 34.1 Å². The van der Waals surface area contributed by atoms with Crippen LogP contribution in [0.3, 0.4) is 0 Å². The highest BCUT2D eigenvalue weighted by atomic mass is 35.5. The van der Waals surface area contributed by atoms with Crippen molar-refractivity contribution >= 4 is 64.4 Å². The Morgan fingerprint density at radius 2 is 1.66 bits per heavy atom. The third-order valence-corrected chi connectivity index (χ3v) is 6.96. The van der Waals surface area contributed by atoms with E-state index in [1.54, 1.807) is 13.0 Å². The quantitative estimate of drug-likeness (QED) is 0.182. The minimum atomic E-state index is -0.916. The maximum atomic E-state index is 13.5. The average molecular weight is 641 g/mol. The monoisotopic (exact) mass is 639 g/mol. The molecule has 10 nitrogen and oxygen atoms in total. The Labute approximate surface area is 264 Å². The van der Waals surface area contributed by atoms with Gasteiger partial charge >= 0.3 is 6.03 Å². The normalized spacial score (nSPS) is 14.0. The summed E-state index contributed by atoms with van der Waals surface area (Å²) in [4.78, 5) is 52.3. The molecule has 0 unspecified atom stereocenters. The molecule has 12 heteroatoms. The van der Waals surface area contributed by atoms with E-state index >= 15 is 0 Å². The molecule has 5 amide bonds. The molecule has 0 saturated carbocycles. The number of carbonyl (C=O) groups is 4. The fourth-order valence-corrected chi connectivity index (χ4v) is 4.90. The highest BCUT2D eigenvalue weighted by Gasteiger charge is 2.37. The molecule has 1 heterocycles. The number of anilines is 2. The van der Waals surface area contributed by atoms with Crippen molar-refractivity contribution in [2.24, 2.45) is 0 Å². The summed E-state index contributed by atoms with van der Waals surface area (Å²) in [6.45, 7) is 7.97. The Balaban J connectivity index is 1.54. The van der Waals surface area contributed by atoms with E-state index in [0.717, 1.165) is 22.4 Å². The van der Waals surface area contributed by atoms with Crippen LogP contribution in [0.5, 0.6) is 17.2 Å². The van der Waals surface area contributed by atoms with Crippen LogP contribution in [0.1, 0.15) is 37.0 Å². The van der Waals surface area contributed by atoms with Gasteiger partial charge in [0.15, 0.2) is 23.9 Å². The molecule has 0 radical (unpaired) electrons. The number of carbonyl (C=O) groups excluding carboxylic acids is 4. The second kappa shape index (κ2) is 14.3. The molecule has 0 atom stereocenters. The van der Waals surface area contributed by atoms with E-state index in [9.17, 15) is 19.2 Å². The first-order valence-corrected chi connectivity index (χ1v) is 14.6. The van der Waals surface area contributed by atoms with Crippen molar-refractivity contribution in [3.05, 3.63) is 80.8 Å². The number of aryl methyl sites for hydroxylation is 2. The lowest BCUT2D eigenvalue weighted by Crippen LogP contribution is -2.54. The molecule has 0 bridgehead atoms. The molecule has 0 spiro atoms. The molecule has 3 aromatic rings. The number of urea groups is 1. The first kappa shape index (κ1) is 32.4. The SMILES string of the molecule is CCCOc1ccc(N2C(=O)NC(=O)/C(=C\c3cc(Cl)c(OCC(=O)Nc4cc(C)ccc4C)c(Cl)c3)C2=O)cc1OCC. The number of ether oxygens (including phenoxy) is 3. The van der Waals surface area contributed by atoms with Crippen molar-refractivity contribution in [3.8, 4) is 17.2 Å². The number of hydrogen-bond acceptors (Lipinski definition) is 7. The number of benzene rings is 3. The Bertz CT molecular complexity index is 1630. The average Bonchev–Trinajstić information content (AvgIpc) is 2.96. The molecule has 1 saturated heterocycles. The molecule has 1 aliphatic rings. The van der Waals surface area contributed by atoms with Crippen molar-refractivity contribution in [1.29, 1.82) is 0 Å². The van der Waals surface area contributed by atoms with Crippen LogP contribution >= 0.6 is 23.2 Å². The van der Waals surface area contributed by atoms with Gasteiger partial charge in [0.05, 0.1) is 28.9 Å². The zero-order valence-corrected chi connectivity index (χ0v) is 26.1. The molecule has 3 aromatic carbocycles. The lowest BCUT2D eigenvalue weighted by molar-refractivity contribution is -0.122. The maximum absolute atomic E-state index is 13.5. The standard InChI is InChI=1S/C32H31Cl2N3O7/c1-5-11-43-26-10-9-21(16-27(26)42-6-2)37-31(40)22(30(39)36-32(37)41)13-20-14-23(33)29(24(34)15-20)44-17-28(38)35-25-12-18(3)7-8-19(25)4/h7-10,12-16H,5-6,11,17H2,1-4H3,(H,35,38)(H,36,39,41)/b22-13+. The van der Waals surface area contributed by atoms with Gasteiger partial charge in [0.2, 0.25) is 0 Å².